The first-order valence-electron chi connectivity index (χ1n) is 6.16. The second kappa shape index (κ2) is 5.83. The van der Waals surface area contributed by atoms with Gasteiger partial charge >= 0.3 is 0 Å². The summed E-state index contributed by atoms with van der Waals surface area (Å²) >= 11 is 0. The van der Waals surface area contributed by atoms with Gasteiger partial charge in [-0.3, -0.25) is 0 Å². The lowest BCUT2D eigenvalue weighted by atomic mass is 9.86. The minimum atomic E-state index is 0.109. The van der Waals surface area contributed by atoms with Crippen molar-refractivity contribution >= 4 is 0 Å². The Morgan fingerprint density at radius 3 is 2.73 bits per heavy atom. The highest BCUT2D eigenvalue weighted by Gasteiger charge is 2.37. The van der Waals surface area contributed by atoms with Crippen molar-refractivity contribution in [3.63, 3.8) is 0 Å². The van der Waals surface area contributed by atoms with Gasteiger partial charge in [-0.15, -0.1) is 0 Å². The van der Waals surface area contributed by atoms with Crippen LogP contribution < -0.4 is 10.6 Å². The van der Waals surface area contributed by atoms with Crippen molar-refractivity contribution in [3.05, 3.63) is 0 Å². The number of nitrogens with one attached hydrogen (secondary N) is 2. The molecule has 2 atom stereocenters. The van der Waals surface area contributed by atoms with Crippen molar-refractivity contribution in [2.75, 3.05) is 19.7 Å². The van der Waals surface area contributed by atoms with Crippen LogP contribution in [0.3, 0.4) is 0 Å². The Bertz CT molecular complexity index is 184. The number of aliphatic hydroxyl groups is 1. The van der Waals surface area contributed by atoms with Crippen molar-refractivity contribution < 1.29 is 5.11 Å². The SMILES string of the molecule is CC(C)NCCN[C@@H]1CCC[C@@]1(C)CO. The first-order valence-corrected chi connectivity index (χ1v) is 6.16. The zero-order valence-electron chi connectivity index (χ0n) is 10.3. The first kappa shape index (κ1) is 12.9. The molecular weight excluding hydrogens is 188 g/mol. The predicted molar refractivity (Wildman–Crippen MR) is 64.0 cm³/mol. The molecule has 1 fully saturated rings. The van der Waals surface area contributed by atoms with E-state index in [1.54, 1.807) is 0 Å². The van der Waals surface area contributed by atoms with Gasteiger partial charge in [-0.2, -0.15) is 0 Å². The van der Waals surface area contributed by atoms with Crippen LogP contribution in [0.15, 0.2) is 0 Å². The highest BCUT2D eigenvalue weighted by molar-refractivity contribution is 4.92. The van der Waals surface area contributed by atoms with Crippen LogP contribution >= 0.6 is 0 Å². The molecule has 0 aromatic carbocycles. The van der Waals surface area contributed by atoms with Gasteiger partial charge in [-0.05, 0) is 12.8 Å². The summed E-state index contributed by atoms with van der Waals surface area (Å²) in [6.45, 7) is 8.82. The van der Waals surface area contributed by atoms with Crippen LogP contribution in [0.2, 0.25) is 0 Å². The van der Waals surface area contributed by atoms with E-state index in [0.717, 1.165) is 19.5 Å². The molecule has 90 valence electrons. The Labute approximate surface area is 93.6 Å². The van der Waals surface area contributed by atoms with Crippen LogP contribution in [0.25, 0.3) is 0 Å². The van der Waals surface area contributed by atoms with Crippen LogP contribution in [-0.2, 0) is 0 Å². The van der Waals surface area contributed by atoms with Crippen LogP contribution in [-0.4, -0.2) is 36.9 Å². The molecule has 0 saturated heterocycles. The summed E-state index contributed by atoms with van der Waals surface area (Å²) in [7, 11) is 0. The van der Waals surface area contributed by atoms with Crippen LogP contribution in [0.4, 0.5) is 0 Å². The molecule has 3 N–H and O–H groups in total. The van der Waals surface area contributed by atoms with Crippen molar-refractivity contribution in [1.29, 1.82) is 0 Å². The second-order valence-electron chi connectivity index (χ2n) is 5.32. The quantitative estimate of drug-likeness (QED) is 0.581. The molecular formula is C12H26N2O. The van der Waals surface area contributed by atoms with Crippen molar-refractivity contribution in [1.82, 2.24) is 10.6 Å². The van der Waals surface area contributed by atoms with Crippen LogP contribution in [0.1, 0.15) is 40.0 Å². The minimum Gasteiger partial charge on any atom is -0.396 e. The van der Waals surface area contributed by atoms with Crippen LogP contribution in [0.5, 0.6) is 0 Å². The van der Waals surface area contributed by atoms with Gasteiger partial charge in [-0.25, -0.2) is 0 Å². The van der Waals surface area contributed by atoms with Gasteiger partial charge in [0.05, 0.1) is 0 Å². The maximum absolute atomic E-state index is 9.38. The van der Waals surface area contributed by atoms with Gasteiger partial charge in [0.2, 0.25) is 0 Å². The van der Waals surface area contributed by atoms with Gasteiger partial charge in [0, 0.05) is 37.2 Å². The lowest BCUT2D eigenvalue weighted by molar-refractivity contribution is 0.119. The normalized spacial score (nSPS) is 31.4. The Morgan fingerprint density at radius 2 is 2.13 bits per heavy atom. The molecule has 0 aromatic heterocycles. The molecule has 3 nitrogen and oxygen atoms in total. The fourth-order valence-corrected chi connectivity index (χ4v) is 2.38. The standard InChI is InChI=1S/C12H26N2O/c1-10(2)13-7-8-14-11-5-4-6-12(11,3)9-15/h10-11,13-15H,4-9H2,1-3H3/t11-,12+/m1/s1. The lowest BCUT2D eigenvalue weighted by Gasteiger charge is -2.30. The van der Waals surface area contributed by atoms with E-state index in [-0.39, 0.29) is 5.41 Å². The van der Waals surface area contributed by atoms with E-state index >= 15 is 0 Å². The predicted octanol–water partition coefficient (Wildman–Crippen LogP) is 1.13. The highest BCUT2D eigenvalue weighted by atomic mass is 16.3. The monoisotopic (exact) mass is 214 g/mol. The second-order valence-corrected chi connectivity index (χ2v) is 5.32. The Balaban J connectivity index is 2.20. The van der Waals surface area contributed by atoms with E-state index in [4.69, 9.17) is 0 Å². The average molecular weight is 214 g/mol. The highest BCUT2D eigenvalue weighted by Crippen LogP contribution is 2.37. The van der Waals surface area contributed by atoms with Gasteiger partial charge in [0.15, 0.2) is 0 Å². The molecule has 0 unspecified atom stereocenters. The summed E-state index contributed by atoms with van der Waals surface area (Å²) in [5, 5.41) is 16.3. The fourth-order valence-electron chi connectivity index (χ4n) is 2.38. The number of hydrogen-bond donors (Lipinski definition) is 3. The third kappa shape index (κ3) is 3.74. The van der Waals surface area contributed by atoms with E-state index in [1.165, 1.54) is 12.8 Å². The summed E-state index contributed by atoms with van der Waals surface area (Å²) in [5.74, 6) is 0. The first-order chi connectivity index (χ1) is 7.08. The Morgan fingerprint density at radius 1 is 1.40 bits per heavy atom. The van der Waals surface area contributed by atoms with E-state index in [0.29, 0.717) is 18.7 Å². The molecule has 0 aliphatic heterocycles. The van der Waals surface area contributed by atoms with Gasteiger partial charge in [0.25, 0.3) is 0 Å². The molecule has 3 heteroatoms. The smallest absolute Gasteiger partial charge is 0.0499 e. The van der Waals surface area contributed by atoms with Crippen molar-refractivity contribution in [3.8, 4) is 0 Å². The summed E-state index contributed by atoms with van der Waals surface area (Å²) in [6, 6.07) is 1.05. The average Bonchev–Trinajstić information content (AvgIpc) is 2.56. The van der Waals surface area contributed by atoms with Crippen molar-refractivity contribution in [2.45, 2.75) is 52.1 Å². The number of aliphatic hydroxyl groups excluding tert-OH is 1. The molecule has 1 rings (SSSR count). The summed E-state index contributed by atoms with van der Waals surface area (Å²) < 4.78 is 0. The maximum Gasteiger partial charge on any atom is 0.0499 e. The fraction of sp³-hybridized carbons (Fsp3) is 1.00. The molecule has 1 aliphatic rings. The molecule has 1 aliphatic carbocycles. The third-order valence-electron chi connectivity index (χ3n) is 3.51. The third-order valence-corrected chi connectivity index (χ3v) is 3.51. The van der Waals surface area contributed by atoms with Gasteiger partial charge in [-0.1, -0.05) is 27.2 Å². The summed E-state index contributed by atoms with van der Waals surface area (Å²) in [5.41, 5.74) is 0.109. The maximum atomic E-state index is 9.38. The van der Waals surface area contributed by atoms with E-state index < -0.39 is 0 Å². The summed E-state index contributed by atoms with van der Waals surface area (Å²) in [6.07, 6.45) is 3.60. The number of hydrogen-bond acceptors (Lipinski definition) is 3. The van der Waals surface area contributed by atoms with Crippen LogP contribution in [0, 0.1) is 5.41 Å². The van der Waals surface area contributed by atoms with E-state index in [2.05, 4.69) is 31.4 Å². The molecule has 15 heavy (non-hydrogen) atoms. The Hall–Kier alpha value is -0.120. The Kier molecular flexibility index (Phi) is 5.03. The molecule has 0 radical (unpaired) electrons. The minimum absolute atomic E-state index is 0.109. The zero-order valence-corrected chi connectivity index (χ0v) is 10.3. The summed E-state index contributed by atoms with van der Waals surface area (Å²) in [4.78, 5) is 0. The molecule has 0 bridgehead atoms. The molecule has 0 aromatic rings. The van der Waals surface area contributed by atoms with Crippen molar-refractivity contribution in [2.24, 2.45) is 5.41 Å². The topological polar surface area (TPSA) is 44.3 Å². The molecule has 0 spiro atoms. The lowest BCUT2D eigenvalue weighted by Crippen LogP contribution is -2.44. The van der Waals surface area contributed by atoms with Gasteiger partial charge < -0.3 is 15.7 Å². The molecule has 1 saturated carbocycles. The van der Waals surface area contributed by atoms with Gasteiger partial charge in [0.1, 0.15) is 0 Å². The zero-order chi connectivity index (χ0) is 11.3. The van der Waals surface area contributed by atoms with E-state index in [1.807, 2.05) is 0 Å². The number of rotatable bonds is 6. The largest absolute Gasteiger partial charge is 0.396 e. The molecule has 0 heterocycles. The molecule has 0 amide bonds. The van der Waals surface area contributed by atoms with E-state index in [9.17, 15) is 5.11 Å².